The van der Waals surface area contributed by atoms with E-state index in [4.69, 9.17) is 5.26 Å². The fraction of sp³-hybridized carbons (Fsp3) is 0.583. The predicted molar refractivity (Wildman–Crippen MR) is 61.8 cm³/mol. The Kier molecular flexibility index (Phi) is 3.71. The van der Waals surface area contributed by atoms with Gasteiger partial charge in [0, 0.05) is 6.54 Å². The molecule has 2 rings (SSSR count). The summed E-state index contributed by atoms with van der Waals surface area (Å²) < 4.78 is 0. The molecule has 0 aliphatic heterocycles. The normalized spacial score (nSPS) is 16.7. The molecule has 1 saturated carbocycles. The smallest absolute Gasteiger partial charge is 0.166 e. The summed E-state index contributed by atoms with van der Waals surface area (Å²) in [4.78, 5) is 0. The highest BCUT2D eigenvalue weighted by Crippen LogP contribution is 2.23. The molecule has 0 radical (unpaired) electrons. The van der Waals surface area contributed by atoms with Crippen molar-refractivity contribution in [2.75, 3.05) is 11.9 Å². The molecule has 1 fully saturated rings. The summed E-state index contributed by atoms with van der Waals surface area (Å²) in [5, 5.41) is 19.9. The Bertz CT molecular complexity index is 377. The first-order valence-electron chi connectivity index (χ1n) is 5.86. The molecule has 0 aromatic carbocycles. The lowest BCUT2D eigenvalue weighted by Crippen LogP contribution is -2.18. The minimum atomic E-state index is 0.575. The Morgan fingerprint density at radius 2 is 2.19 bits per heavy atom. The molecule has 0 bridgehead atoms. The van der Waals surface area contributed by atoms with Crippen LogP contribution in [0.4, 0.5) is 5.82 Å². The van der Waals surface area contributed by atoms with Crippen LogP contribution in [0.2, 0.25) is 0 Å². The van der Waals surface area contributed by atoms with Crippen LogP contribution in [0.5, 0.6) is 0 Å². The van der Waals surface area contributed by atoms with Gasteiger partial charge in [-0.05, 0) is 24.8 Å². The molecule has 16 heavy (non-hydrogen) atoms. The van der Waals surface area contributed by atoms with Gasteiger partial charge in [-0.15, -0.1) is 5.10 Å². The zero-order valence-corrected chi connectivity index (χ0v) is 9.32. The summed E-state index contributed by atoms with van der Waals surface area (Å²) in [6, 6.07) is 3.81. The van der Waals surface area contributed by atoms with Gasteiger partial charge < -0.3 is 5.32 Å². The van der Waals surface area contributed by atoms with Gasteiger partial charge in [0.2, 0.25) is 0 Å². The molecular weight excluding hydrogens is 200 g/mol. The molecule has 4 heteroatoms. The lowest BCUT2D eigenvalue weighted by Gasteiger charge is -2.21. The van der Waals surface area contributed by atoms with Crippen LogP contribution in [0.25, 0.3) is 0 Å². The molecular formula is C12H16N4. The fourth-order valence-corrected chi connectivity index (χ4v) is 2.18. The average molecular weight is 216 g/mol. The van der Waals surface area contributed by atoms with Crippen molar-refractivity contribution < 1.29 is 0 Å². The van der Waals surface area contributed by atoms with Crippen LogP contribution in [0, 0.1) is 17.2 Å². The summed E-state index contributed by atoms with van der Waals surface area (Å²) in [5.74, 6) is 1.35. The summed E-state index contributed by atoms with van der Waals surface area (Å²) >= 11 is 0. The van der Waals surface area contributed by atoms with E-state index in [9.17, 15) is 0 Å². The lowest BCUT2D eigenvalue weighted by atomic mass is 9.89. The van der Waals surface area contributed by atoms with Gasteiger partial charge in [0.15, 0.2) is 5.82 Å². The van der Waals surface area contributed by atoms with E-state index in [1.54, 1.807) is 12.3 Å². The van der Waals surface area contributed by atoms with Crippen molar-refractivity contribution in [2.45, 2.75) is 32.1 Å². The molecule has 0 unspecified atom stereocenters. The molecule has 1 aliphatic carbocycles. The predicted octanol–water partition coefficient (Wildman–Crippen LogP) is 2.34. The molecule has 4 nitrogen and oxygen atoms in total. The summed E-state index contributed by atoms with van der Waals surface area (Å²) in [6.45, 7) is 0.910. The van der Waals surface area contributed by atoms with Crippen LogP contribution in [0.1, 0.15) is 37.7 Å². The van der Waals surface area contributed by atoms with Crippen LogP contribution >= 0.6 is 0 Å². The molecule has 84 valence electrons. The Morgan fingerprint density at radius 3 is 2.94 bits per heavy atom. The van der Waals surface area contributed by atoms with E-state index in [2.05, 4.69) is 21.6 Å². The van der Waals surface area contributed by atoms with E-state index in [0.717, 1.165) is 12.5 Å². The Morgan fingerprint density at radius 1 is 1.38 bits per heavy atom. The molecule has 1 N–H and O–H groups in total. The average Bonchev–Trinajstić information content (AvgIpc) is 2.38. The first-order valence-corrected chi connectivity index (χ1v) is 5.86. The van der Waals surface area contributed by atoms with Crippen molar-refractivity contribution in [3.63, 3.8) is 0 Å². The van der Waals surface area contributed by atoms with E-state index in [-0.39, 0.29) is 0 Å². The SMILES string of the molecule is N#Cc1ccnnc1NCC1CCCCC1. The second-order valence-corrected chi connectivity index (χ2v) is 4.29. The maximum Gasteiger partial charge on any atom is 0.166 e. The van der Waals surface area contributed by atoms with Crippen molar-refractivity contribution in [3.8, 4) is 6.07 Å². The topological polar surface area (TPSA) is 61.6 Å². The second-order valence-electron chi connectivity index (χ2n) is 4.29. The van der Waals surface area contributed by atoms with Gasteiger partial charge in [0.1, 0.15) is 6.07 Å². The number of rotatable bonds is 3. The van der Waals surface area contributed by atoms with Gasteiger partial charge in [0.05, 0.1) is 11.8 Å². The highest BCUT2D eigenvalue weighted by atomic mass is 15.2. The van der Waals surface area contributed by atoms with Crippen LogP contribution in [-0.4, -0.2) is 16.7 Å². The van der Waals surface area contributed by atoms with Crippen molar-refractivity contribution >= 4 is 5.82 Å². The van der Waals surface area contributed by atoms with Crippen molar-refractivity contribution in [3.05, 3.63) is 17.8 Å². The monoisotopic (exact) mass is 216 g/mol. The summed E-state index contributed by atoms with van der Waals surface area (Å²) in [6.07, 6.45) is 8.15. The minimum absolute atomic E-state index is 0.575. The maximum atomic E-state index is 8.90. The lowest BCUT2D eigenvalue weighted by molar-refractivity contribution is 0.373. The highest BCUT2D eigenvalue weighted by Gasteiger charge is 2.13. The molecule has 0 atom stereocenters. The molecule has 1 aromatic rings. The Hall–Kier alpha value is -1.63. The minimum Gasteiger partial charge on any atom is -0.367 e. The molecule has 1 heterocycles. The maximum absolute atomic E-state index is 8.90. The third-order valence-electron chi connectivity index (χ3n) is 3.12. The van der Waals surface area contributed by atoms with Crippen molar-refractivity contribution in [1.82, 2.24) is 10.2 Å². The van der Waals surface area contributed by atoms with Crippen LogP contribution < -0.4 is 5.32 Å². The van der Waals surface area contributed by atoms with Gasteiger partial charge in [-0.1, -0.05) is 19.3 Å². The number of nitriles is 1. The van der Waals surface area contributed by atoms with Gasteiger partial charge in [0.25, 0.3) is 0 Å². The van der Waals surface area contributed by atoms with E-state index in [0.29, 0.717) is 11.4 Å². The molecule has 1 aliphatic rings. The molecule has 0 spiro atoms. The van der Waals surface area contributed by atoms with Gasteiger partial charge in [-0.3, -0.25) is 0 Å². The van der Waals surface area contributed by atoms with E-state index in [1.165, 1.54) is 32.1 Å². The quantitative estimate of drug-likeness (QED) is 0.842. The largest absolute Gasteiger partial charge is 0.367 e. The standard InChI is InChI=1S/C12H16N4/c13-8-11-6-7-15-16-12(11)14-9-10-4-2-1-3-5-10/h6-7,10H,1-5,9H2,(H,14,16). The molecule has 0 saturated heterocycles. The third-order valence-corrected chi connectivity index (χ3v) is 3.12. The van der Waals surface area contributed by atoms with Crippen LogP contribution in [0.3, 0.4) is 0 Å². The first kappa shape index (κ1) is 10.9. The number of hydrogen-bond donors (Lipinski definition) is 1. The number of nitrogens with one attached hydrogen (secondary N) is 1. The van der Waals surface area contributed by atoms with Gasteiger partial charge >= 0.3 is 0 Å². The Labute approximate surface area is 95.7 Å². The zero-order chi connectivity index (χ0) is 11.2. The zero-order valence-electron chi connectivity index (χ0n) is 9.32. The number of hydrogen-bond acceptors (Lipinski definition) is 4. The van der Waals surface area contributed by atoms with Crippen LogP contribution in [-0.2, 0) is 0 Å². The van der Waals surface area contributed by atoms with Gasteiger partial charge in [-0.2, -0.15) is 10.4 Å². The number of aromatic nitrogens is 2. The summed E-state index contributed by atoms with van der Waals surface area (Å²) in [5.41, 5.74) is 0.575. The third kappa shape index (κ3) is 2.69. The van der Waals surface area contributed by atoms with E-state index in [1.807, 2.05) is 0 Å². The van der Waals surface area contributed by atoms with E-state index < -0.39 is 0 Å². The number of anilines is 1. The van der Waals surface area contributed by atoms with Crippen LogP contribution in [0.15, 0.2) is 12.3 Å². The Balaban J connectivity index is 1.91. The fourth-order valence-electron chi connectivity index (χ4n) is 2.18. The molecule has 0 amide bonds. The summed E-state index contributed by atoms with van der Waals surface area (Å²) in [7, 11) is 0. The van der Waals surface area contributed by atoms with Gasteiger partial charge in [-0.25, -0.2) is 0 Å². The molecule has 1 aromatic heterocycles. The van der Waals surface area contributed by atoms with Crippen molar-refractivity contribution in [1.29, 1.82) is 5.26 Å². The highest BCUT2D eigenvalue weighted by molar-refractivity contribution is 5.50. The van der Waals surface area contributed by atoms with Crippen molar-refractivity contribution in [2.24, 2.45) is 5.92 Å². The number of nitrogens with zero attached hydrogens (tertiary/aromatic N) is 3. The second kappa shape index (κ2) is 5.45. The van der Waals surface area contributed by atoms with E-state index >= 15 is 0 Å². The first-order chi connectivity index (χ1) is 7.90.